The largest absolute Gasteiger partial charge is 0.211 e. The number of allylic oxidation sites excluding steroid dienone is 3. The summed E-state index contributed by atoms with van der Waals surface area (Å²) >= 11 is 19.4. The predicted molar refractivity (Wildman–Crippen MR) is 67.0 cm³/mol. The molecule has 0 fully saturated rings. The second-order valence-electron chi connectivity index (χ2n) is 2.19. The molecular weight excluding hydrogens is 307 g/mol. The van der Waals surface area contributed by atoms with Crippen molar-refractivity contribution in [3.8, 4) is 0 Å². The molecule has 0 aromatic heterocycles. The van der Waals surface area contributed by atoms with Crippen molar-refractivity contribution in [3.05, 3.63) is 33.0 Å². The van der Waals surface area contributed by atoms with E-state index in [4.69, 9.17) is 46.4 Å². The van der Waals surface area contributed by atoms with Gasteiger partial charge in [0.25, 0.3) is 0 Å². The van der Waals surface area contributed by atoms with Crippen LogP contribution in [0, 0.1) is 0 Å². The van der Waals surface area contributed by atoms with Crippen LogP contribution >= 0.6 is 46.4 Å². The van der Waals surface area contributed by atoms with Gasteiger partial charge in [0.2, 0.25) is 0 Å². The van der Waals surface area contributed by atoms with Crippen LogP contribution in [0.4, 0.5) is 13.2 Å². The van der Waals surface area contributed by atoms with E-state index in [-0.39, 0.29) is 16.1 Å². The zero-order chi connectivity index (χ0) is 13.7. The molecule has 0 bridgehead atoms. The Hall–Kier alpha value is 0.170. The fourth-order valence-corrected chi connectivity index (χ4v) is 0. The van der Waals surface area contributed by atoms with Crippen molar-refractivity contribution in [2.24, 2.45) is 0 Å². The average molecular weight is 318 g/mol. The summed E-state index contributed by atoms with van der Waals surface area (Å²) in [5.74, 6) is -1.25. The lowest BCUT2D eigenvalue weighted by atomic mass is 10.7. The highest BCUT2D eigenvalue weighted by molar-refractivity contribution is 6.56. The minimum absolute atomic E-state index is 0.296. The van der Waals surface area contributed by atoms with Gasteiger partial charge in [-0.1, -0.05) is 46.4 Å². The Bertz CT molecular complexity index is 217. The number of rotatable bonds is 0. The molecule has 0 heterocycles. The van der Waals surface area contributed by atoms with Crippen molar-refractivity contribution >= 4 is 46.4 Å². The van der Waals surface area contributed by atoms with Crippen LogP contribution in [-0.4, -0.2) is 0 Å². The van der Waals surface area contributed by atoms with Gasteiger partial charge in [-0.25, -0.2) is 13.2 Å². The number of hydrogen-bond donors (Lipinski definition) is 0. The lowest BCUT2D eigenvalue weighted by Gasteiger charge is -1.77. The molecule has 0 saturated heterocycles. The molecule has 0 unspecified atom stereocenters. The minimum atomic E-state index is -0.543. The Morgan fingerprint density at radius 3 is 0.938 bits per heavy atom. The maximum Gasteiger partial charge on any atom is 0.137 e. The monoisotopic (exact) mass is 316 g/mol. The molecular formula is C9H11Cl4F3. The zero-order valence-electron chi connectivity index (χ0n) is 8.80. The Morgan fingerprint density at radius 2 is 0.938 bits per heavy atom. The first-order chi connectivity index (χ1) is 7.18. The van der Waals surface area contributed by atoms with Gasteiger partial charge in [-0.2, -0.15) is 0 Å². The van der Waals surface area contributed by atoms with Crippen LogP contribution in [0.1, 0.15) is 20.8 Å². The third kappa shape index (κ3) is 36.8. The lowest BCUT2D eigenvalue weighted by molar-refractivity contribution is 0.640. The highest BCUT2D eigenvalue weighted by atomic mass is 35.5. The molecule has 7 heteroatoms. The maximum atomic E-state index is 11.4. The number of halogens is 7. The van der Waals surface area contributed by atoms with Gasteiger partial charge in [0.05, 0.1) is 0 Å². The molecule has 0 amide bonds. The second kappa shape index (κ2) is 15.2. The summed E-state index contributed by atoms with van der Waals surface area (Å²) in [5, 5.41) is 0. The highest BCUT2D eigenvalue weighted by Crippen LogP contribution is 2.13. The molecule has 0 N–H and O–H groups in total. The third-order valence-corrected chi connectivity index (χ3v) is 1.68. The SMILES string of the molecule is C/C(F)=C/Cl.C/C(F)=C\Cl.CC(F)=C(Cl)Cl. The van der Waals surface area contributed by atoms with Crippen molar-refractivity contribution in [2.45, 2.75) is 20.8 Å². The van der Waals surface area contributed by atoms with Crippen LogP contribution in [0.2, 0.25) is 0 Å². The van der Waals surface area contributed by atoms with Crippen molar-refractivity contribution in [1.82, 2.24) is 0 Å². The first-order valence-corrected chi connectivity index (χ1v) is 5.34. The molecule has 0 radical (unpaired) electrons. The Labute approximate surface area is 113 Å². The van der Waals surface area contributed by atoms with Crippen molar-refractivity contribution in [2.75, 3.05) is 0 Å². The van der Waals surface area contributed by atoms with E-state index in [9.17, 15) is 13.2 Å². The van der Waals surface area contributed by atoms with Crippen LogP contribution in [0.15, 0.2) is 33.0 Å². The van der Waals surface area contributed by atoms with Gasteiger partial charge >= 0.3 is 0 Å². The Balaban J connectivity index is -0.000000160. The van der Waals surface area contributed by atoms with E-state index in [1.165, 1.54) is 20.8 Å². The summed E-state index contributed by atoms with van der Waals surface area (Å²) < 4.78 is 33.5. The first-order valence-electron chi connectivity index (χ1n) is 3.71. The van der Waals surface area contributed by atoms with Crippen molar-refractivity contribution in [1.29, 1.82) is 0 Å². The molecule has 0 aromatic rings. The molecule has 0 spiro atoms. The van der Waals surface area contributed by atoms with E-state index in [1.54, 1.807) is 0 Å². The quantitative estimate of drug-likeness (QED) is 0.464. The molecule has 0 rings (SSSR count). The van der Waals surface area contributed by atoms with E-state index in [0.717, 1.165) is 11.1 Å². The van der Waals surface area contributed by atoms with Gasteiger partial charge in [0.15, 0.2) is 0 Å². The van der Waals surface area contributed by atoms with E-state index >= 15 is 0 Å². The molecule has 16 heavy (non-hydrogen) atoms. The van der Waals surface area contributed by atoms with Crippen molar-refractivity contribution < 1.29 is 13.2 Å². The molecule has 0 aliphatic heterocycles. The third-order valence-electron chi connectivity index (χ3n) is 0.561. The van der Waals surface area contributed by atoms with E-state index in [0.29, 0.717) is 0 Å². The van der Waals surface area contributed by atoms with Crippen LogP contribution in [-0.2, 0) is 0 Å². The van der Waals surface area contributed by atoms with Gasteiger partial charge in [-0.05, 0) is 20.8 Å². The summed E-state index contributed by atoms with van der Waals surface area (Å²) in [6, 6.07) is 0. The smallest absolute Gasteiger partial charge is 0.137 e. The van der Waals surface area contributed by atoms with Gasteiger partial charge in [-0.3, -0.25) is 0 Å². The fourth-order valence-electron chi connectivity index (χ4n) is 0. The van der Waals surface area contributed by atoms with Crippen LogP contribution in [0.25, 0.3) is 0 Å². The van der Waals surface area contributed by atoms with Crippen LogP contribution in [0.3, 0.4) is 0 Å². The summed E-state index contributed by atoms with van der Waals surface area (Å²) in [7, 11) is 0. The predicted octanol–water partition coefficient (Wildman–Crippen LogP) is 6.73. The van der Waals surface area contributed by atoms with Gasteiger partial charge in [0.1, 0.15) is 22.0 Å². The standard InChI is InChI=1S/C3H3Cl2F.2C3H4ClF/c1-2(6)3(4)5;2*1-3(5)2-4/h1H3;2*2H,1H3/b;3-2+;3-2-. The first kappa shape index (κ1) is 21.5. The van der Waals surface area contributed by atoms with E-state index in [2.05, 4.69) is 0 Å². The van der Waals surface area contributed by atoms with Gasteiger partial charge in [-0.15, -0.1) is 0 Å². The van der Waals surface area contributed by atoms with Gasteiger partial charge < -0.3 is 0 Å². The van der Waals surface area contributed by atoms with E-state index in [1.807, 2.05) is 0 Å². The van der Waals surface area contributed by atoms with E-state index < -0.39 is 5.83 Å². The molecule has 0 atom stereocenters. The zero-order valence-corrected chi connectivity index (χ0v) is 11.8. The van der Waals surface area contributed by atoms with Crippen molar-refractivity contribution in [3.63, 3.8) is 0 Å². The molecule has 96 valence electrons. The molecule has 0 aliphatic rings. The average Bonchev–Trinajstić information content (AvgIpc) is 2.19. The lowest BCUT2D eigenvalue weighted by Crippen LogP contribution is -1.55. The molecule has 0 nitrogen and oxygen atoms in total. The minimum Gasteiger partial charge on any atom is -0.211 e. The molecule has 0 saturated carbocycles. The summed E-state index contributed by atoms with van der Waals surface area (Å²) in [6.45, 7) is 3.76. The normalized spacial score (nSPS) is 10.6. The number of hydrogen-bond acceptors (Lipinski definition) is 0. The summed E-state index contributed by atoms with van der Waals surface area (Å²) in [5.41, 5.74) is 1.78. The second-order valence-corrected chi connectivity index (χ2v) is 3.57. The summed E-state index contributed by atoms with van der Waals surface area (Å²) in [6.07, 6.45) is 0. The summed E-state index contributed by atoms with van der Waals surface area (Å²) in [4.78, 5) is 0. The molecule has 0 aromatic carbocycles. The van der Waals surface area contributed by atoms with Crippen LogP contribution < -0.4 is 0 Å². The highest BCUT2D eigenvalue weighted by Gasteiger charge is 1.87. The van der Waals surface area contributed by atoms with Crippen LogP contribution in [0.5, 0.6) is 0 Å². The van der Waals surface area contributed by atoms with Gasteiger partial charge in [0, 0.05) is 11.1 Å². The fraction of sp³-hybridized carbons (Fsp3) is 0.333. The molecule has 0 aliphatic carbocycles. The topological polar surface area (TPSA) is 0 Å². The Kier molecular flexibility index (Phi) is 20.3. The maximum absolute atomic E-state index is 11.4. The Morgan fingerprint density at radius 1 is 0.812 bits per heavy atom.